The maximum absolute atomic E-state index is 7.50. The fraction of sp³-hybridized carbons (Fsp3) is 0.167. The second-order valence-electron chi connectivity index (χ2n) is 3.85. The van der Waals surface area contributed by atoms with Crippen LogP contribution in [0.4, 0.5) is 0 Å². The van der Waals surface area contributed by atoms with E-state index in [0.29, 0.717) is 0 Å². The molecule has 0 aromatic heterocycles. The molecule has 0 saturated heterocycles. The van der Waals surface area contributed by atoms with Crippen molar-refractivity contribution < 1.29 is 40.8 Å². The topological polar surface area (TPSA) is 78.2 Å². The third kappa shape index (κ3) is 7.37. The van der Waals surface area contributed by atoms with E-state index in [2.05, 4.69) is 32.9 Å². The average molecular weight is 364 g/mol. The Morgan fingerprint density at radius 2 is 1.17 bits per heavy atom. The van der Waals surface area contributed by atoms with Crippen molar-refractivity contribution in [2.24, 2.45) is 0 Å². The predicted octanol–water partition coefficient (Wildman–Crippen LogP) is 3.56. The summed E-state index contributed by atoms with van der Waals surface area (Å²) in [6.45, 7) is 15.6. The van der Waals surface area contributed by atoms with Gasteiger partial charge < -0.3 is 9.47 Å². The Labute approximate surface area is 152 Å². The molecule has 0 atom stereocenters. The molecular weight excluding hydrogens is 348 g/mol. The second-order valence-corrected chi connectivity index (χ2v) is 3.85. The molecule has 2 rings (SSSR count). The first kappa shape index (κ1) is 26.7. The summed E-state index contributed by atoms with van der Waals surface area (Å²) in [7, 11) is 3.37. The number of rotatable bonds is 3. The number of methoxy groups -OCH3 is 2. The van der Waals surface area contributed by atoms with E-state index in [1.54, 1.807) is 14.2 Å². The molecule has 6 heteroatoms. The van der Waals surface area contributed by atoms with Gasteiger partial charge in [0.15, 0.2) is 0 Å². The van der Waals surface area contributed by atoms with Crippen molar-refractivity contribution in [2.45, 2.75) is 6.92 Å². The van der Waals surface area contributed by atoms with Crippen LogP contribution in [-0.4, -0.2) is 14.2 Å². The minimum absolute atomic E-state index is 0. The van der Waals surface area contributed by atoms with Gasteiger partial charge in [-0.2, -0.15) is 0 Å². The standard InChI is InChI=1S/C15H16O2.3CO.Cr/c1-11-7-6-10-14(17-3)15(11)12-8-4-5-9-13(12)16-2;3*1-2;/h4-10H,1-3H3;;;;. The Bertz CT molecular complexity index is 633. The zero-order valence-corrected chi connectivity index (χ0v) is 14.8. The van der Waals surface area contributed by atoms with E-state index in [1.807, 2.05) is 36.4 Å². The summed E-state index contributed by atoms with van der Waals surface area (Å²) < 4.78 is 33.3. The van der Waals surface area contributed by atoms with Gasteiger partial charge in [0.1, 0.15) is 11.5 Å². The average Bonchev–Trinajstić information content (AvgIpc) is 2.66. The molecule has 0 amide bonds. The molecule has 2 aromatic carbocycles. The van der Waals surface area contributed by atoms with Gasteiger partial charge in [0.05, 0.1) is 14.2 Å². The van der Waals surface area contributed by atoms with E-state index in [9.17, 15) is 0 Å². The number of hydrogen-bond donors (Lipinski definition) is 0. The van der Waals surface area contributed by atoms with E-state index < -0.39 is 0 Å². The van der Waals surface area contributed by atoms with Gasteiger partial charge in [0.2, 0.25) is 0 Å². The number of ether oxygens (including phenoxy) is 2. The van der Waals surface area contributed by atoms with Crippen LogP contribution in [0, 0.1) is 26.9 Å². The summed E-state index contributed by atoms with van der Waals surface area (Å²) in [6, 6.07) is 14.0. The minimum atomic E-state index is 0. The van der Waals surface area contributed by atoms with Crippen molar-refractivity contribution in [1.29, 1.82) is 0 Å². The van der Waals surface area contributed by atoms with Crippen molar-refractivity contribution >= 4 is 0 Å². The molecule has 0 aliphatic carbocycles. The van der Waals surface area contributed by atoms with Crippen LogP contribution in [0.1, 0.15) is 5.56 Å². The van der Waals surface area contributed by atoms with Crippen molar-refractivity contribution in [2.75, 3.05) is 14.2 Å². The first-order valence-corrected chi connectivity index (χ1v) is 6.16. The van der Waals surface area contributed by atoms with Crippen LogP contribution in [0.5, 0.6) is 11.5 Å². The van der Waals surface area contributed by atoms with Crippen LogP contribution in [0.25, 0.3) is 11.1 Å². The van der Waals surface area contributed by atoms with Gasteiger partial charge in [-0.25, -0.2) is 0 Å². The molecule has 5 nitrogen and oxygen atoms in total. The van der Waals surface area contributed by atoms with E-state index in [0.717, 1.165) is 22.6 Å². The summed E-state index contributed by atoms with van der Waals surface area (Å²) >= 11 is 0. The number of aryl methyl sites for hydroxylation is 1. The summed E-state index contributed by atoms with van der Waals surface area (Å²) in [5, 5.41) is 0. The van der Waals surface area contributed by atoms with Gasteiger partial charge in [-0.3, -0.25) is 0 Å². The molecule has 2 aromatic rings. The van der Waals surface area contributed by atoms with Crippen LogP contribution in [0.2, 0.25) is 0 Å². The summed E-state index contributed by atoms with van der Waals surface area (Å²) in [4.78, 5) is 0. The molecule has 0 unspecified atom stereocenters. The quantitative estimate of drug-likeness (QED) is 0.617. The molecule has 0 aliphatic heterocycles. The monoisotopic (exact) mass is 364 g/mol. The fourth-order valence-electron chi connectivity index (χ4n) is 2.01. The maximum atomic E-state index is 7.50. The SMILES string of the molecule is COc1ccccc1-c1c(C)cccc1OC.[C-]#[O+].[C-]#[O+].[C-]#[O+].[Cr]. The smallest absolute Gasteiger partial charge is 0 e. The first-order chi connectivity index (χ1) is 11.3. The molecular formula is C18H16CrO5. The Morgan fingerprint density at radius 1 is 0.708 bits per heavy atom. The molecule has 0 N–H and O–H groups in total. The predicted molar refractivity (Wildman–Crippen MR) is 81.5 cm³/mol. The normalized spacial score (nSPS) is 7.38. The Kier molecular flexibility index (Phi) is 19.1. The Balaban J connectivity index is -0.000000569. The molecule has 0 fully saturated rings. The molecule has 0 bridgehead atoms. The molecule has 0 spiro atoms. The van der Waals surface area contributed by atoms with Gasteiger partial charge in [-0.05, 0) is 24.6 Å². The molecule has 0 radical (unpaired) electrons. The van der Waals surface area contributed by atoms with Crippen molar-refractivity contribution in [3.63, 3.8) is 0 Å². The van der Waals surface area contributed by atoms with Crippen LogP contribution < -0.4 is 9.47 Å². The summed E-state index contributed by atoms with van der Waals surface area (Å²) in [6.07, 6.45) is 0. The van der Waals surface area contributed by atoms with Gasteiger partial charge >= 0.3 is 33.9 Å². The van der Waals surface area contributed by atoms with Crippen LogP contribution in [0.3, 0.4) is 0 Å². The molecule has 0 aliphatic rings. The third-order valence-corrected chi connectivity index (χ3v) is 2.83. The molecule has 124 valence electrons. The van der Waals surface area contributed by atoms with Gasteiger partial charge in [-0.1, -0.05) is 30.3 Å². The van der Waals surface area contributed by atoms with E-state index in [4.69, 9.17) is 23.4 Å². The summed E-state index contributed by atoms with van der Waals surface area (Å²) in [5.41, 5.74) is 3.33. The van der Waals surface area contributed by atoms with Gasteiger partial charge in [-0.15, -0.1) is 0 Å². The van der Waals surface area contributed by atoms with Crippen molar-refractivity contribution in [1.82, 2.24) is 0 Å². The largest absolute Gasteiger partial charge is 0 e. The number of hydrogen-bond acceptors (Lipinski definition) is 2. The Morgan fingerprint density at radius 3 is 1.67 bits per heavy atom. The molecule has 0 saturated carbocycles. The Hall–Kier alpha value is -2.21. The molecule has 0 heterocycles. The van der Waals surface area contributed by atoms with Crippen LogP contribution in [-0.2, 0) is 31.3 Å². The van der Waals surface area contributed by atoms with Gasteiger partial charge in [0, 0.05) is 28.5 Å². The van der Waals surface area contributed by atoms with Crippen molar-refractivity contribution in [3.8, 4) is 22.6 Å². The first-order valence-electron chi connectivity index (χ1n) is 6.16. The van der Waals surface area contributed by atoms with Crippen molar-refractivity contribution in [3.05, 3.63) is 68.0 Å². The minimum Gasteiger partial charge on any atom is 0 e. The van der Waals surface area contributed by atoms with Crippen LogP contribution >= 0.6 is 0 Å². The molecule has 24 heavy (non-hydrogen) atoms. The van der Waals surface area contributed by atoms with E-state index >= 15 is 0 Å². The van der Waals surface area contributed by atoms with E-state index in [1.165, 1.54) is 5.56 Å². The number of para-hydroxylation sites is 1. The maximum Gasteiger partial charge on any atom is 0 e. The van der Waals surface area contributed by atoms with Gasteiger partial charge in [0.25, 0.3) is 0 Å². The zero-order chi connectivity index (χ0) is 18.3. The fourth-order valence-corrected chi connectivity index (χ4v) is 2.01. The van der Waals surface area contributed by atoms with Crippen LogP contribution in [0.15, 0.2) is 42.5 Å². The second kappa shape index (κ2) is 17.2. The third-order valence-electron chi connectivity index (χ3n) is 2.83. The summed E-state index contributed by atoms with van der Waals surface area (Å²) in [5.74, 6) is 1.73. The number of benzene rings is 2. The zero-order valence-electron chi connectivity index (χ0n) is 13.5. The van der Waals surface area contributed by atoms with E-state index in [-0.39, 0.29) is 17.4 Å².